The molecular weight excluding hydrogens is 611 g/mol. The SMILES string of the molecule is CC(C)CNC(=O)[C@@H](Cc1ccccc1)N(Cc1ccc(Cl)cc1Cl)C(=O)COc1ccc2ccccc2c1Br. The average Bonchev–Trinajstić information content (AvgIpc) is 2.94. The number of carbonyl (C=O) groups excluding carboxylic acids is 2. The first kappa shape index (κ1) is 29.9. The smallest absolute Gasteiger partial charge is 0.261 e. The number of fused-ring (bicyclic) bond motifs is 1. The van der Waals surface area contributed by atoms with Gasteiger partial charge in [0, 0.05) is 29.6 Å². The van der Waals surface area contributed by atoms with Crippen molar-refractivity contribution in [3.63, 3.8) is 0 Å². The molecule has 0 aliphatic rings. The van der Waals surface area contributed by atoms with E-state index in [2.05, 4.69) is 21.2 Å². The highest BCUT2D eigenvalue weighted by Crippen LogP contribution is 2.33. The lowest BCUT2D eigenvalue weighted by Crippen LogP contribution is -2.52. The third kappa shape index (κ3) is 7.78. The minimum atomic E-state index is -0.788. The molecule has 0 saturated carbocycles. The molecule has 208 valence electrons. The first-order chi connectivity index (χ1) is 19.2. The molecule has 0 saturated heterocycles. The van der Waals surface area contributed by atoms with Crippen molar-refractivity contribution in [3.05, 3.63) is 111 Å². The van der Waals surface area contributed by atoms with E-state index in [1.807, 2.05) is 80.6 Å². The molecule has 0 bridgehead atoms. The van der Waals surface area contributed by atoms with Crippen LogP contribution in [0.1, 0.15) is 25.0 Å². The molecule has 4 rings (SSSR count). The number of carbonyl (C=O) groups is 2. The van der Waals surface area contributed by atoms with Crippen molar-refractivity contribution < 1.29 is 14.3 Å². The maximum absolute atomic E-state index is 13.9. The van der Waals surface area contributed by atoms with E-state index in [9.17, 15) is 9.59 Å². The summed E-state index contributed by atoms with van der Waals surface area (Å²) in [6.45, 7) is 4.40. The van der Waals surface area contributed by atoms with E-state index in [0.717, 1.165) is 20.8 Å². The van der Waals surface area contributed by atoms with Gasteiger partial charge in [0.2, 0.25) is 5.91 Å². The summed E-state index contributed by atoms with van der Waals surface area (Å²) in [5, 5.41) is 5.96. The number of amides is 2. The fraction of sp³-hybridized carbons (Fsp3) is 0.250. The van der Waals surface area contributed by atoms with Crippen LogP contribution >= 0.6 is 39.1 Å². The van der Waals surface area contributed by atoms with Gasteiger partial charge in [0.05, 0.1) is 4.47 Å². The van der Waals surface area contributed by atoms with Gasteiger partial charge in [-0.2, -0.15) is 0 Å². The highest BCUT2D eigenvalue weighted by Gasteiger charge is 2.31. The van der Waals surface area contributed by atoms with Crippen LogP contribution in [-0.4, -0.2) is 35.9 Å². The first-order valence-corrected chi connectivity index (χ1v) is 14.6. The fourth-order valence-corrected chi connectivity index (χ4v) is 5.43. The zero-order chi connectivity index (χ0) is 28.6. The van der Waals surface area contributed by atoms with Crippen molar-refractivity contribution >= 4 is 61.7 Å². The normalized spacial score (nSPS) is 11.8. The Bertz CT molecular complexity index is 1480. The zero-order valence-electron chi connectivity index (χ0n) is 22.4. The molecule has 0 unspecified atom stereocenters. The average molecular weight is 642 g/mol. The number of nitrogens with one attached hydrogen (secondary N) is 1. The Hall–Kier alpha value is -3.06. The number of nitrogens with zero attached hydrogens (tertiary/aromatic N) is 1. The Labute approximate surface area is 253 Å². The fourth-order valence-electron chi connectivity index (χ4n) is 4.36. The summed E-state index contributed by atoms with van der Waals surface area (Å²) in [6, 6.07) is 25.7. The van der Waals surface area contributed by atoms with Crippen LogP contribution < -0.4 is 10.1 Å². The van der Waals surface area contributed by atoms with Gasteiger partial charge in [-0.15, -0.1) is 0 Å². The van der Waals surface area contributed by atoms with Crippen molar-refractivity contribution in [2.24, 2.45) is 5.92 Å². The van der Waals surface area contributed by atoms with Gasteiger partial charge in [0.25, 0.3) is 5.91 Å². The number of halogens is 3. The highest BCUT2D eigenvalue weighted by atomic mass is 79.9. The summed E-state index contributed by atoms with van der Waals surface area (Å²) >= 11 is 16.3. The lowest BCUT2D eigenvalue weighted by Gasteiger charge is -2.32. The monoisotopic (exact) mass is 640 g/mol. The van der Waals surface area contributed by atoms with E-state index in [1.165, 1.54) is 0 Å². The van der Waals surface area contributed by atoms with E-state index >= 15 is 0 Å². The van der Waals surface area contributed by atoms with Gasteiger partial charge in [0.1, 0.15) is 11.8 Å². The predicted molar refractivity (Wildman–Crippen MR) is 166 cm³/mol. The molecule has 0 fully saturated rings. The number of benzene rings is 4. The van der Waals surface area contributed by atoms with Gasteiger partial charge in [-0.25, -0.2) is 0 Å². The van der Waals surface area contributed by atoms with Crippen LogP contribution in [0.25, 0.3) is 10.8 Å². The predicted octanol–water partition coefficient (Wildman–Crippen LogP) is 7.70. The van der Waals surface area contributed by atoms with Gasteiger partial charge in [-0.3, -0.25) is 9.59 Å². The summed E-state index contributed by atoms with van der Waals surface area (Å²) in [7, 11) is 0. The molecular formula is C32H31BrCl2N2O3. The summed E-state index contributed by atoms with van der Waals surface area (Å²) in [6.07, 6.45) is 0.335. The maximum atomic E-state index is 13.9. The minimum Gasteiger partial charge on any atom is -0.483 e. The second kappa shape index (κ2) is 14.0. The van der Waals surface area contributed by atoms with Crippen LogP contribution in [0.2, 0.25) is 10.0 Å². The number of rotatable bonds is 11. The zero-order valence-corrected chi connectivity index (χ0v) is 25.5. The molecule has 0 heterocycles. The first-order valence-electron chi connectivity index (χ1n) is 13.1. The van der Waals surface area contributed by atoms with E-state index in [4.69, 9.17) is 27.9 Å². The number of hydrogen-bond acceptors (Lipinski definition) is 3. The highest BCUT2D eigenvalue weighted by molar-refractivity contribution is 9.10. The number of hydrogen-bond donors (Lipinski definition) is 1. The summed E-state index contributed by atoms with van der Waals surface area (Å²) < 4.78 is 6.79. The van der Waals surface area contributed by atoms with Crippen LogP contribution in [0, 0.1) is 5.92 Å². The molecule has 2 amide bonds. The van der Waals surface area contributed by atoms with Crippen molar-refractivity contribution in [1.29, 1.82) is 0 Å². The molecule has 0 aliphatic heterocycles. The second-order valence-electron chi connectivity index (χ2n) is 9.99. The molecule has 40 heavy (non-hydrogen) atoms. The third-order valence-electron chi connectivity index (χ3n) is 6.49. The van der Waals surface area contributed by atoms with Crippen LogP contribution in [0.15, 0.2) is 89.4 Å². The summed E-state index contributed by atoms with van der Waals surface area (Å²) in [5.74, 6) is 0.222. The van der Waals surface area contributed by atoms with Crippen molar-refractivity contribution in [2.45, 2.75) is 32.9 Å². The van der Waals surface area contributed by atoms with E-state index in [-0.39, 0.29) is 30.9 Å². The van der Waals surface area contributed by atoms with Gasteiger partial charge in [-0.1, -0.05) is 104 Å². The molecule has 0 spiro atoms. The Kier molecular flexibility index (Phi) is 10.5. The Morgan fingerprint density at radius 3 is 2.40 bits per heavy atom. The van der Waals surface area contributed by atoms with Gasteiger partial charge in [0.15, 0.2) is 6.61 Å². The van der Waals surface area contributed by atoms with Crippen LogP contribution in [-0.2, 0) is 22.6 Å². The molecule has 0 aliphatic carbocycles. The van der Waals surface area contributed by atoms with Crippen LogP contribution in [0.3, 0.4) is 0 Å². The van der Waals surface area contributed by atoms with Gasteiger partial charge in [-0.05, 0) is 61.9 Å². The quantitative estimate of drug-likeness (QED) is 0.183. The van der Waals surface area contributed by atoms with Crippen LogP contribution in [0.5, 0.6) is 5.75 Å². The van der Waals surface area contributed by atoms with Crippen molar-refractivity contribution in [3.8, 4) is 5.75 Å². The lowest BCUT2D eigenvalue weighted by molar-refractivity contribution is -0.142. The minimum absolute atomic E-state index is 0.115. The second-order valence-corrected chi connectivity index (χ2v) is 11.6. The van der Waals surface area contributed by atoms with Gasteiger partial charge >= 0.3 is 0 Å². The molecule has 8 heteroatoms. The van der Waals surface area contributed by atoms with Crippen LogP contribution in [0.4, 0.5) is 0 Å². The Morgan fingerprint density at radius 1 is 0.950 bits per heavy atom. The molecule has 0 radical (unpaired) electrons. The standard InChI is InChI=1S/C32H31BrCl2N2O3/c1-21(2)18-36-32(39)28(16-22-8-4-3-5-9-22)37(19-24-12-14-25(34)17-27(24)35)30(38)20-40-29-15-13-23-10-6-7-11-26(23)31(29)33/h3-15,17,21,28H,16,18-20H2,1-2H3,(H,36,39)/t28-/m1/s1. The van der Waals surface area contributed by atoms with E-state index in [0.29, 0.717) is 34.3 Å². The van der Waals surface area contributed by atoms with Gasteiger partial charge < -0.3 is 15.0 Å². The Morgan fingerprint density at radius 2 is 1.68 bits per heavy atom. The molecule has 1 atom stereocenters. The summed E-state index contributed by atoms with van der Waals surface area (Å²) in [4.78, 5) is 29.0. The molecule has 0 aromatic heterocycles. The lowest BCUT2D eigenvalue weighted by atomic mass is 10.0. The largest absolute Gasteiger partial charge is 0.483 e. The molecule has 4 aromatic carbocycles. The molecule has 5 nitrogen and oxygen atoms in total. The van der Waals surface area contributed by atoms with Crippen molar-refractivity contribution in [2.75, 3.05) is 13.2 Å². The molecule has 1 N–H and O–H groups in total. The Balaban J connectivity index is 1.65. The van der Waals surface area contributed by atoms with E-state index in [1.54, 1.807) is 23.1 Å². The maximum Gasteiger partial charge on any atom is 0.261 e. The third-order valence-corrected chi connectivity index (χ3v) is 7.90. The topological polar surface area (TPSA) is 58.6 Å². The van der Waals surface area contributed by atoms with E-state index < -0.39 is 6.04 Å². The number of ether oxygens (including phenoxy) is 1. The van der Waals surface area contributed by atoms with Crippen molar-refractivity contribution in [1.82, 2.24) is 10.2 Å². The molecule has 4 aromatic rings. The summed E-state index contributed by atoms with van der Waals surface area (Å²) in [5.41, 5.74) is 1.62.